The highest BCUT2D eigenvalue weighted by Gasteiger charge is 2.14. The fraction of sp³-hybridized carbons (Fsp3) is 0.130. The second-order valence-corrected chi connectivity index (χ2v) is 7.49. The highest BCUT2D eigenvalue weighted by molar-refractivity contribution is 8.00. The number of nitrogens with zero attached hydrogens (tertiary/aromatic N) is 1. The molecular weight excluding hydrogens is 389 g/mol. The number of amides is 1. The average Bonchev–Trinajstić information content (AvgIpc) is 2.73. The molecule has 0 saturated carbocycles. The Balaban J connectivity index is 1.56. The predicted octanol–water partition coefficient (Wildman–Crippen LogP) is 5.11. The minimum atomic E-state index is -0.406. The van der Waals surface area contributed by atoms with Gasteiger partial charge in [-0.15, -0.1) is 11.8 Å². The van der Waals surface area contributed by atoms with Gasteiger partial charge < -0.3 is 9.64 Å². The van der Waals surface area contributed by atoms with Crippen molar-refractivity contribution in [2.24, 2.45) is 0 Å². The zero-order valence-corrected chi connectivity index (χ0v) is 16.9. The van der Waals surface area contributed by atoms with Gasteiger partial charge in [-0.05, 0) is 67.6 Å². The van der Waals surface area contributed by atoms with Gasteiger partial charge in [0.25, 0.3) is 5.91 Å². The molecule has 6 heteroatoms. The van der Waals surface area contributed by atoms with E-state index in [2.05, 4.69) is 0 Å². The molecule has 0 aliphatic carbocycles. The molecule has 3 rings (SSSR count). The Hall–Kier alpha value is -3.12. The topological polar surface area (TPSA) is 46.6 Å². The number of carbonyl (C=O) groups excluding carboxylic acids is 2. The van der Waals surface area contributed by atoms with Crippen LogP contribution in [0.5, 0.6) is 5.75 Å². The van der Waals surface area contributed by atoms with Gasteiger partial charge in [0, 0.05) is 23.2 Å². The summed E-state index contributed by atoms with van der Waals surface area (Å²) in [4.78, 5) is 26.9. The van der Waals surface area contributed by atoms with Crippen LogP contribution in [-0.2, 0) is 4.79 Å². The van der Waals surface area contributed by atoms with Crippen LogP contribution in [0.4, 0.5) is 10.1 Å². The second-order valence-electron chi connectivity index (χ2n) is 6.44. The molecule has 0 bridgehead atoms. The molecule has 0 fully saturated rings. The van der Waals surface area contributed by atoms with E-state index in [1.165, 1.54) is 23.9 Å². The van der Waals surface area contributed by atoms with Crippen LogP contribution in [0.3, 0.4) is 0 Å². The third-order valence-electron chi connectivity index (χ3n) is 4.23. The molecule has 0 N–H and O–H groups in total. The number of anilines is 1. The van der Waals surface area contributed by atoms with E-state index in [0.717, 1.165) is 10.5 Å². The van der Waals surface area contributed by atoms with Gasteiger partial charge in [0.2, 0.25) is 0 Å². The lowest BCUT2D eigenvalue weighted by Crippen LogP contribution is -2.26. The number of rotatable bonds is 6. The summed E-state index contributed by atoms with van der Waals surface area (Å²) >= 11 is 1.27. The Morgan fingerprint density at radius 2 is 1.55 bits per heavy atom. The molecule has 0 heterocycles. The first-order valence-corrected chi connectivity index (χ1v) is 9.95. The van der Waals surface area contributed by atoms with Crippen molar-refractivity contribution in [2.45, 2.75) is 11.8 Å². The number of benzene rings is 3. The van der Waals surface area contributed by atoms with Crippen molar-refractivity contribution in [1.82, 2.24) is 0 Å². The molecular formula is C23H20FNO3S. The summed E-state index contributed by atoms with van der Waals surface area (Å²) in [6, 6.07) is 20.0. The lowest BCUT2D eigenvalue weighted by molar-refractivity contribution is -0.131. The van der Waals surface area contributed by atoms with Crippen molar-refractivity contribution in [2.75, 3.05) is 17.7 Å². The number of aryl methyl sites for hydroxylation is 1. The average molecular weight is 409 g/mol. The quantitative estimate of drug-likeness (QED) is 0.323. The summed E-state index contributed by atoms with van der Waals surface area (Å²) in [6.07, 6.45) is 0. The van der Waals surface area contributed by atoms with Crippen molar-refractivity contribution in [1.29, 1.82) is 0 Å². The molecule has 0 unspecified atom stereocenters. The van der Waals surface area contributed by atoms with Crippen molar-refractivity contribution in [3.8, 4) is 5.75 Å². The Morgan fingerprint density at radius 1 is 0.931 bits per heavy atom. The third kappa shape index (κ3) is 5.68. The van der Waals surface area contributed by atoms with Crippen LogP contribution in [0.2, 0.25) is 0 Å². The SMILES string of the molecule is Cc1ccc(C(=O)N(C)c2ccc(OC(=O)CSc3ccc(F)cc3)cc2)cc1. The standard InChI is InChI=1S/C23H20FNO3S/c1-16-3-5-17(6-4-16)23(27)25(2)19-9-11-20(12-10-19)28-22(26)15-29-21-13-7-18(24)8-14-21/h3-14H,15H2,1-2H3. The van der Waals surface area contributed by atoms with Crippen molar-refractivity contribution >= 4 is 29.3 Å². The zero-order chi connectivity index (χ0) is 20.8. The number of halogens is 1. The summed E-state index contributed by atoms with van der Waals surface area (Å²) < 4.78 is 18.2. The minimum absolute atomic E-state index is 0.110. The number of ether oxygens (including phenoxy) is 1. The fourth-order valence-corrected chi connectivity index (χ4v) is 3.25. The predicted molar refractivity (Wildman–Crippen MR) is 113 cm³/mol. The van der Waals surface area contributed by atoms with Crippen molar-refractivity contribution in [3.05, 3.63) is 89.7 Å². The van der Waals surface area contributed by atoms with Crippen LogP contribution in [-0.4, -0.2) is 24.7 Å². The van der Waals surface area contributed by atoms with Gasteiger partial charge in [0.1, 0.15) is 11.6 Å². The Kier molecular flexibility index (Phi) is 6.67. The summed E-state index contributed by atoms with van der Waals surface area (Å²) in [7, 11) is 1.70. The molecule has 148 valence electrons. The van der Waals surface area contributed by atoms with Gasteiger partial charge >= 0.3 is 5.97 Å². The largest absolute Gasteiger partial charge is 0.426 e. The van der Waals surface area contributed by atoms with Crippen LogP contribution in [0.25, 0.3) is 0 Å². The summed E-state index contributed by atoms with van der Waals surface area (Å²) in [5, 5.41) is 0. The molecule has 0 aromatic heterocycles. The molecule has 0 radical (unpaired) electrons. The maximum absolute atomic E-state index is 12.9. The minimum Gasteiger partial charge on any atom is -0.426 e. The van der Waals surface area contributed by atoms with E-state index in [1.807, 2.05) is 19.1 Å². The van der Waals surface area contributed by atoms with E-state index < -0.39 is 5.97 Å². The maximum atomic E-state index is 12.9. The number of carbonyl (C=O) groups is 2. The Labute approximate surface area is 173 Å². The van der Waals surface area contributed by atoms with E-state index >= 15 is 0 Å². The van der Waals surface area contributed by atoms with Gasteiger partial charge in [-0.3, -0.25) is 9.59 Å². The number of hydrogen-bond acceptors (Lipinski definition) is 4. The van der Waals surface area contributed by atoms with E-state index in [0.29, 0.717) is 17.0 Å². The Morgan fingerprint density at radius 3 is 2.17 bits per heavy atom. The molecule has 3 aromatic rings. The van der Waals surface area contributed by atoms with Crippen LogP contribution >= 0.6 is 11.8 Å². The lowest BCUT2D eigenvalue weighted by atomic mass is 10.1. The highest BCUT2D eigenvalue weighted by atomic mass is 32.2. The Bertz CT molecular complexity index is 986. The van der Waals surface area contributed by atoms with Gasteiger partial charge in [0.15, 0.2) is 0 Å². The third-order valence-corrected chi connectivity index (χ3v) is 5.21. The van der Waals surface area contributed by atoms with Crippen LogP contribution in [0, 0.1) is 12.7 Å². The fourth-order valence-electron chi connectivity index (χ4n) is 2.58. The number of hydrogen-bond donors (Lipinski definition) is 0. The highest BCUT2D eigenvalue weighted by Crippen LogP contribution is 2.22. The van der Waals surface area contributed by atoms with E-state index in [4.69, 9.17) is 4.74 Å². The first kappa shape index (κ1) is 20.6. The van der Waals surface area contributed by atoms with Gasteiger partial charge in [0.05, 0.1) is 5.75 Å². The summed E-state index contributed by atoms with van der Waals surface area (Å²) in [6.45, 7) is 1.97. The molecule has 3 aromatic carbocycles. The molecule has 0 aliphatic heterocycles. The molecule has 4 nitrogen and oxygen atoms in total. The molecule has 29 heavy (non-hydrogen) atoms. The van der Waals surface area contributed by atoms with Gasteiger partial charge in [-0.1, -0.05) is 17.7 Å². The van der Waals surface area contributed by atoms with E-state index in [-0.39, 0.29) is 17.5 Å². The molecule has 1 amide bonds. The van der Waals surface area contributed by atoms with Crippen LogP contribution < -0.4 is 9.64 Å². The second kappa shape index (κ2) is 9.39. The van der Waals surface area contributed by atoms with E-state index in [1.54, 1.807) is 60.5 Å². The molecule has 0 spiro atoms. The maximum Gasteiger partial charge on any atom is 0.321 e. The van der Waals surface area contributed by atoms with Crippen molar-refractivity contribution < 1.29 is 18.7 Å². The van der Waals surface area contributed by atoms with Crippen LogP contribution in [0.15, 0.2) is 77.7 Å². The first-order chi connectivity index (χ1) is 13.9. The van der Waals surface area contributed by atoms with Gasteiger partial charge in [-0.25, -0.2) is 4.39 Å². The van der Waals surface area contributed by atoms with Gasteiger partial charge in [-0.2, -0.15) is 0 Å². The van der Waals surface area contributed by atoms with Crippen molar-refractivity contribution in [3.63, 3.8) is 0 Å². The molecule has 0 saturated heterocycles. The lowest BCUT2D eigenvalue weighted by Gasteiger charge is -2.18. The summed E-state index contributed by atoms with van der Waals surface area (Å²) in [5.41, 5.74) is 2.38. The zero-order valence-electron chi connectivity index (χ0n) is 16.1. The molecule has 0 atom stereocenters. The van der Waals surface area contributed by atoms with E-state index in [9.17, 15) is 14.0 Å². The number of thioether (sulfide) groups is 1. The molecule has 0 aliphatic rings. The smallest absolute Gasteiger partial charge is 0.321 e. The number of esters is 1. The monoisotopic (exact) mass is 409 g/mol. The van der Waals surface area contributed by atoms with Crippen LogP contribution in [0.1, 0.15) is 15.9 Å². The summed E-state index contributed by atoms with van der Waals surface area (Å²) in [5.74, 6) is -0.335. The normalized spacial score (nSPS) is 10.4. The first-order valence-electron chi connectivity index (χ1n) is 8.96.